The van der Waals surface area contributed by atoms with E-state index in [-0.39, 0.29) is 54.1 Å². The predicted molar refractivity (Wildman–Crippen MR) is 198 cm³/mol. The topological polar surface area (TPSA) is 163 Å². The highest BCUT2D eigenvalue weighted by atomic mass is 35.5. The van der Waals surface area contributed by atoms with Crippen LogP contribution in [0.5, 0.6) is 17.2 Å². The van der Waals surface area contributed by atoms with E-state index in [0.717, 1.165) is 5.01 Å². The van der Waals surface area contributed by atoms with Gasteiger partial charge < -0.3 is 19.7 Å². The van der Waals surface area contributed by atoms with Gasteiger partial charge in [0.15, 0.2) is 0 Å². The lowest BCUT2D eigenvalue weighted by molar-refractivity contribution is -0.141. The highest BCUT2D eigenvalue weighted by Gasteiger charge is 2.70. The fraction of sp³-hybridized carbons (Fsp3) is 0.375. The average Bonchev–Trinajstić information content (AvgIpc) is 3.53. The van der Waals surface area contributed by atoms with Gasteiger partial charge in [0.1, 0.15) is 17.2 Å². The molecule has 12 nitrogen and oxygen atoms in total. The van der Waals surface area contributed by atoms with E-state index >= 15 is 4.79 Å². The Morgan fingerprint density at radius 2 is 1.61 bits per heavy atom. The summed E-state index contributed by atoms with van der Waals surface area (Å²) in [4.78, 5) is 70.7. The summed E-state index contributed by atoms with van der Waals surface area (Å²) in [5.74, 6) is -6.11. The number of carbonyl (C=O) groups excluding carboxylic acids is 4. The molecule has 282 valence electrons. The minimum Gasteiger partial charge on any atom is -0.508 e. The molecule has 3 aromatic carbocycles. The van der Waals surface area contributed by atoms with E-state index < -0.39 is 52.8 Å². The monoisotopic (exact) mass is 775 g/mol. The number of hydrazine groups is 1. The Morgan fingerprint density at radius 1 is 0.889 bits per heavy atom. The Bertz CT molecular complexity index is 2070. The molecule has 6 unspecified atom stereocenters. The van der Waals surface area contributed by atoms with Crippen LogP contribution >= 0.6 is 23.2 Å². The van der Waals surface area contributed by atoms with Gasteiger partial charge in [-0.25, -0.2) is 0 Å². The first kappa shape index (κ1) is 37.3. The number of phenolic OH excluding ortho intramolecular Hbond substituents is 1. The number of unbranched alkanes of at least 4 members (excludes halogenated alkanes) is 2. The number of aliphatic carboxylic acids is 1. The van der Waals surface area contributed by atoms with Crippen molar-refractivity contribution in [3.63, 3.8) is 0 Å². The lowest BCUT2D eigenvalue weighted by Gasteiger charge is -2.50. The number of nitrogens with one attached hydrogen (secondary N) is 1. The van der Waals surface area contributed by atoms with Gasteiger partial charge >= 0.3 is 5.97 Å². The van der Waals surface area contributed by atoms with Crippen LogP contribution in [0.25, 0.3) is 0 Å². The van der Waals surface area contributed by atoms with Crippen LogP contribution in [0.4, 0.5) is 5.69 Å². The molecule has 1 saturated carbocycles. The molecule has 4 aliphatic rings. The van der Waals surface area contributed by atoms with Gasteiger partial charge in [-0.2, -0.15) is 5.01 Å². The quantitative estimate of drug-likeness (QED) is 0.107. The number of nitrogens with zero attached hydrogens (tertiary/aromatic N) is 2. The highest BCUT2D eigenvalue weighted by molar-refractivity contribution is 6.36. The number of rotatable bonds is 12. The zero-order valence-corrected chi connectivity index (χ0v) is 31.1. The van der Waals surface area contributed by atoms with Gasteiger partial charge in [0.05, 0.1) is 48.1 Å². The molecule has 4 amide bonds. The normalized spacial score (nSPS) is 25.9. The molecule has 2 aliphatic heterocycles. The van der Waals surface area contributed by atoms with Crippen molar-refractivity contribution in [3.8, 4) is 17.2 Å². The highest BCUT2D eigenvalue weighted by Crippen LogP contribution is 2.65. The number of carboxylic acid groups (broad SMARTS) is 1. The number of likely N-dealkylation sites (tertiary alicyclic amines) is 1. The van der Waals surface area contributed by atoms with Crippen LogP contribution < -0.4 is 14.9 Å². The minimum absolute atomic E-state index is 0.00117. The average molecular weight is 777 g/mol. The number of fused-ring (bicyclic) bond motifs is 4. The number of hydrogen-bond acceptors (Lipinski definition) is 9. The van der Waals surface area contributed by atoms with Crippen molar-refractivity contribution in [2.75, 3.05) is 26.2 Å². The molecule has 0 bridgehead atoms. The molecule has 2 aliphatic carbocycles. The molecular formula is C40H39Cl2N3O9. The number of carbonyl (C=O) groups is 5. The second kappa shape index (κ2) is 14.6. The number of amides is 4. The summed E-state index contributed by atoms with van der Waals surface area (Å²) in [6, 6.07) is 16.2. The number of carboxylic acids is 1. The SMILES string of the molecule is COc1ccc(C23C(=O)N(Nc4ccc(Cl)cc4Cl)C(=O)C2CC2C(=CCC4C(=O)N(CCCCCC(=O)O)C(=O)C42)C3c2cc(OC)ccc2O)cc1. The number of halogens is 2. The van der Waals surface area contributed by atoms with E-state index in [1.165, 1.54) is 31.3 Å². The Kier molecular flexibility index (Phi) is 10.1. The molecule has 7 rings (SSSR count). The van der Waals surface area contributed by atoms with Crippen molar-refractivity contribution in [2.45, 2.75) is 49.9 Å². The number of allylic oxidation sites excluding steroid dienone is 2. The Morgan fingerprint density at radius 3 is 2.30 bits per heavy atom. The maximum atomic E-state index is 15.4. The summed E-state index contributed by atoms with van der Waals surface area (Å²) in [6.45, 7) is 0.155. The summed E-state index contributed by atoms with van der Waals surface area (Å²) in [6.07, 6.45) is 3.60. The van der Waals surface area contributed by atoms with Crippen LogP contribution in [0.3, 0.4) is 0 Å². The van der Waals surface area contributed by atoms with E-state index in [1.807, 2.05) is 6.08 Å². The number of ether oxygens (including phenoxy) is 2. The molecule has 54 heavy (non-hydrogen) atoms. The van der Waals surface area contributed by atoms with Gasteiger partial charge in [0.2, 0.25) is 11.8 Å². The first-order chi connectivity index (χ1) is 25.9. The maximum Gasteiger partial charge on any atom is 0.303 e. The van der Waals surface area contributed by atoms with Crippen LogP contribution in [-0.2, 0) is 29.4 Å². The fourth-order valence-electron chi connectivity index (χ4n) is 9.09. The van der Waals surface area contributed by atoms with Crippen molar-refractivity contribution in [1.82, 2.24) is 9.91 Å². The van der Waals surface area contributed by atoms with Gasteiger partial charge in [0, 0.05) is 29.5 Å². The van der Waals surface area contributed by atoms with Crippen molar-refractivity contribution in [1.29, 1.82) is 0 Å². The molecule has 0 spiro atoms. The number of hydrogen-bond donors (Lipinski definition) is 3. The number of anilines is 1. The molecule has 0 radical (unpaired) electrons. The van der Waals surface area contributed by atoms with Gasteiger partial charge in [-0.05, 0) is 85.7 Å². The smallest absolute Gasteiger partial charge is 0.303 e. The number of aromatic hydroxyl groups is 1. The first-order valence-electron chi connectivity index (χ1n) is 17.8. The van der Waals surface area contributed by atoms with Crippen LogP contribution in [0.15, 0.2) is 72.3 Å². The first-order valence-corrected chi connectivity index (χ1v) is 18.6. The van der Waals surface area contributed by atoms with Crippen LogP contribution in [0.1, 0.15) is 55.6 Å². The molecule has 2 heterocycles. The Labute approximate surface area is 321 Å². The van der Waals surface area contributed by atoms with Crippen LogP contribution in [0, 0.1) is 23.7 Å². The largest absolute Gasteiger partial charge is 0.508 e. The summed E-state index contributed by atoms with van der Waals surface area (Å²) >= 11 is 12.7. The third-order valence-corrected chi connectivity index (χ3v) is 12.0. The zero-order valence-electron chi connectivity index (χ0n) is 29.6. The van der Waals surface area contributed by atoms with E-state index in [1.54, 1.807) is 48.5 Å². The van der Waals surface area contributed by atoms with E-state index in [4.69, 9.17) is 37.8 Å². The van der Waals surface area contributed by atoms with Gasteiger partial charge in [-0.15, -0.1) is 0 Å². The van der Waals surface area contributed by atoms with Crippen molar-refractivity contribution >= 4 is 58.5 Å². The number of phenols is 1. The van der Waals surface area contributed by atoms with Crippen LogP contribution in [-0.4, -0.2) is 70.5 Å². The van der Waals surface area contributed by atoms with E-state index in [9.17, 15) is 24.3 Å². The zero-order chi connectivity index (χ0) is 38.5. The summed E-state index contributed by atoms with van der Waals surface area (Å²) in [5.41, 5.74) is 3.05. The van der Waals surface area contributed by atoms with E-state index in [0.29, 0.717) is 52.5 Å². The number of benzene rings is 3. The maximum absolute atomic E-state index is 15.4. The predicted octanol–water partition coefficient (Wildman–Crippen LogP) is 6.35. The summed E-state index contributed by atoms with van der Waals surface area (Å²) < 4.78 is 11.0. The molecule has 3 N–H and O–H groups in total. The van der Waals surface area contributed by atoms with Gasteiger partial charge in [-0.3, -0.25) is 34.3 Å². The molecule has 2 saturated heterocycles. The van der Waals surface area contributed by atoms with Gasteiger partial charge in [-0.1, -0.05) is 53.4 Å². The second-order valence-electron chi connectivity index (χ2n) is 14.2. The second-order valence-corrected chi connectivity index (χ2v) is 15.0. The summed E-state index contributed by atoms with van der Waals surface area (Å²) in [7, 11) is 3.00. The molecule has 14 heteroatoms. The molecule has 6 atom stereocenters. The lowest BCUT2D eigenvalue weighted by Crippen LogP contribution is -2.53. The third-order valence-electron chi connectivity index (χ3n) is 11.5. The molecular weight excluding hydrogens is 737 g/mol. The lowest BCUT2D eigenvalue weighted by atomic mass is 9.49. The molecule has 3 aromatic rings. The summed E-state index contributed by atoms with van der Waals surface area (Å²) in [5, 5.41) is 22.1. The molecule has 3 fully saturated rings. The molecule has 0 aromatic heterocycles. The number of imide groups is 2. The van der Waals surface area contributed by atoms with Crippen LogP contribution in [0.2, 0.25) is 10.0 Å². The number of methoxy groups -OCH3 is 2. The Hall–Kier alpha value is -5.07. The van der Waals surface area contributed by atoms with E-state index in [2.05, 4.69) is 5.43 Å². The van der Waals surface area contributed by atoms with Crippen molar-refractivity contribution in [3.05, 3.63) is 93.5 Å². The van der Waals surface area contributed by atoms with Crippen molar-refractivity contribution < 1.29 is 43.7 Å². The standard InChI is InChI=1S/C40H39Cl2N3O9/c1-53-23-10-7-21(8-11-23)40-29(37(50)45(39(40)52)43-31-15-9-22(41)18-30(31)42)20-27-25(35(40)28-19-24(54-2)12-16-32(28)46)13-14-26-34(27)38(51)44(36(26)49)17-5-3-4-6-33(47)48/h7-13,15-16,18-19,26-27,29,34-35,43,46H,3-6,14,17,20H2,1-2H3,(H,47,48). The van der Waals surface area contributed by atoms with Gasteiger partial charge in [0.25, 0.3) is 11.8 Å². The third kappa shape index (κ3) is 6.05. The Balaban J connectivity index is 1.38. The minimum atomic E-state index is -1.65. The fourth-order valence-corrected chi connectivity index (χ4v) is 9.54. The van der Waals surface area contributed by atoms with Crippen molar-refractivity contribution in [2.24, 2.45) is 23.7 Å².